The fourth-order valence-corrected chi connectivity index (χ4v) is 2.17. The number of aromatic nitrogens is 3. The van der Waals surface area contributed by atoms with Gasteiger partial charge in [-0.05, 0) is 24.1 Å². The molecule has 0 fully saturated rings. The Kier molecular flexibility index (Phi) is 3.54. The minimum atomic E-state index is 0.636. The molecule has 20 heavy (non-hydrogen) atoms. The lowest BCUT2D eigenvalue weighted by Gasteiger charge is -2.08. The van der Waals surface area contributed by atoms with Crippen LogP contribution in [0.4, 0.5) is 5.95 Å². The van der Waals surface area contributed by atoms with E-state index in [0.29, 0.717) is 12.5 Å². The van der Waals surface area contributed by atoms with Crippen LogP contribution in [-0.2, 0) is 13.0 Å². The molecule has 0 radical (unpaired) electrons. The molecule has 3 rings (SSSR count). The Labute approximate surface area is 117 Å². The minimum absolute atomic E-state index is 0.636. The standard InChI is InChI=1S/C16H16N4/c1-2-12-7-5-9-17-15(12)11-19-16-18-10-13-6-3-4-8-14(13)20-16/h3-10H,2,11H2,1H3,(H,18,19,20). The van der Waals surface area contributed by atoms with E-state index >= 15 is 0 Å². The maximum Gasteiger partial charge on any atom is 0.223 e. The highest BCUT2D eigenvalue weighted by Gasteiger charge is 2.03. The molecule has 0 spiro atoms. The summed E-state index contributed by atoms with van der Waals surface area (Å²) >= 11 is 0. The molecule has 0 saturated carbocycles. The van der Waals surface area contributed by atoms with Crippen LogP contribution in [-0.4, -0.2) is 15.0 Å². The van der Waals surface area contributed by atoms with Gasteiger partial charge in [-0.3, -0.25) is 4.98 Å². The van der Waals surface area contributed by atoms with Crippen molar-refractivity contribution in [2.75, 3.05) is 5.32 Å². The van der Waals surface area contributed by atoms with Crippen molar-refractivity contribution in [1.82, 2.24) is 15.0 Å². The number of nitrogens with zero attached hydrogens (tertiary/aromatic N) is 3. The number of fused-ring (bicyclic) bond motifs is 1. The Morgan fingerprint density at radius 1 is 1.05 bits per heavy atom. The van der Waals surface area contributed by atoms with E-state index in [9.17, 15) is 0 Å². The molecule has 0 atom stereocenters. The summed E-state index contributed by atoms with van der Waals surface area (Å²) in [4.78, 5) is 13.2. The molecule has 3 aromatic rings. The quantitative estimate of drug-likeness (QED) is 0.786. The summed E-state index contributed by atoms with van der Waals surface area (Å²) < 4.78 is 0. The topological polar surface area (TPSA) is 50.7 Å². The minimum Gasteiger partial charge on any atom is -0.349 e. The number of aryl methyl sites for hydroxylation is 1. The van der Waals surface area contributed by atoms with Gasteiger partial charge in [0.25, 0.3) is 0 Å². The molecule has 2 aromatic heterocycles. The van der Waals surface area contributed by atoms with E-state index in [1.54, 1.807) is 0 Å². The monoisotopic (exact) mass is 264 g/mol. The number of anilines is 1. The van der Waals surface area contributed by atoms with Crippen molar-refractivity contribution in [3.63, 3.8) is 0 Å². The highest BCUT2D eigenvalue weighted by molar-refractivity contribution is 5.78. The highest BCUT2D eigenvalue weighted by Crippen LogP contribution is 2.13. The predicted molar refractivity (Wildman–Crippen MR) is 80.5 cm³/mol. The SMILES string of the molecule is CCc1cccnc1CNc1ncc2ccccc2n1. The summed E-state index contributed by atoms with van der Waals surface area (Å²) in [6, 6.07) is 12.0. The van der Waals surface area contributed by atoms with E-state index in [1.807, 2.05) is 42.7 Å². The molecule has 4 heteroatoms. The molecule has 100 valence electrons. The first-order chi connectivity index (χ1) is 9.86. The van der Waals surface area contributed by atoms with Crippen LogP contribution >= 0.6 is 0 Å². The average Bonchev–Trinajstić information content (AvgIpc) is 2.53. The predicted octanol–water partition coefficient (Wildman–Crippen LogP) is 3.20. The van der Waals surface area contributed by atoms with E-state index in [0.717, 1.165) is 23.0 Å². The molecule has 1 aromatic carbocycles. The van der Waals surface area contributed by atoms with Crippen molar-refractivity contribution in [3.8, 4) is 0 Å². The number of rotatable bonds is 4. The number of benzene rings is 1. The summed E-state index contributed by atoms with van der Waals surface area (Å²) in [5, 5.41) is 4.29. The first kappa shape index (κ1) is 12.5. The second-order valence-corrected chi connectivity index (χ2v) is 4.57. The van der Waals surface area contributed by atoms with Crippen LogP contribution in [0.3, 0.4) is 0 Å². The fourth-order valence-electron chi connectivity index (χ4n) is 2.17. The van der Waals surface area contributed by atoms with Crippen LogP contribution < -0.4 is 5.32 Å². The van der Waals surface area contributed by atoms with Gasteiger partial charge in [-0.25, -0.2) is 9.97 Å². The fraction of sp³-hybridized carbons (Fsp3) is 0.188. The average molecular weight is 264 g/mol. The summed E-state index contributed by atoms with van der Waals surface area (Å²) in [6.45, 7) is 2.77. The number of nitrogens with one attached hydrogen (secondary N) is 1. The third-order valence-corrected chi connectivity index (χ3v) is 3.27. The van der Waals surface area contributed by atoms with Gasteiger partial charge in [0.2, 0.25) is 5.95 Å². The lowest BCUT2D eigenvalue weighted by atomic mass is 10.1. The first-order valence-corrected chi connectivity index (χ1v) is 6.75. The van der Waals surface area contributed by atoms with Gasteiger partial charge in [-0.2, -0.15) is 0 Å². The summed E-state index contributed by atoms with van der Waals surface area (Å²) in [7, 11) is 0. The van der Waals surface area contributed by atoms with Crippen molar-refractivity contribution in [3.05, 3.63) is 60.0 Å². The van der Waals surface area contributed by atoms with Crippen LogP contribution in [0.5, 0.6) is 0 Å². The molecule has 2 heterocycles. The molecule has 1 N–H and O–H groups in total. The number of hydrogen-bond acceptors (Lipinski definition) is 4. The summed E-state index contributed by atoms with van der Waals surface area (Å²) in [5.74, 6) is 0.636. The second-order valence-electron chi connectivity index (χ2n) is 4.57. The molecule has 0 aliphatic carbocycles. The molecular weight excluding hydrogens is 248 g/mol. The lowest BCUT2D eigenvalue weighted by Crippen LogP contribution is -2.07. The second kappa shape index (κ2) is 5.65. The molecule has 0 aliphatic heterocycles. The van der Waals surface area contributed by atoms with Gasteiger partial charge in [0.1, 0.15) is 0 Å². The van der Waals surface area contributed by atoms with Gasteiger partial charge in [0.15, 0.2) is 0 Å². The van der Waals surface area contributed by atoms with Gasteiger partial charge in [0.05, 0.1) is 17.8 Å². The molecule has 0 unspecified atom stereocenters. The molecule has 0 amide bonds. The Bertz CT molecular complexity index is 724. The van der Waals surface area contributed by atoms with Crippen LogP contribution in [0.2, 0.25) is 0 Å². The summed E-state index contributed by atoms with van der Waals surface area (Å²) in [5.41, 5.74) is 3.24. The van der Waals surface area contributed by atoms with Crippen LogP contribution in [0.15, 0.2) is 48.8 Å². The molecule has 4 nitrogen and oxygen atoms in total. The van der Waals surface area contributed by atoms with Gasteiger partial charge in [-0.15, -0.1) is 0 Å². The van der Waals surface area contributed by atoms with Crippen molar-refractivity contribution in [1.29, 1.82) is 0 Å². The molecule has 0 saturated heterocycles. The van der Waals surface area contributed by atoms with Crippen molar-refractivity contribution >= 4 is 16.9 Å². The van der Waals surface area contributed by atoms with Crippen molar-refractivity contribution < 1.29 is 0 Å². The van der Waals surface area contributed by atoms with Crippen LogP contribution in [0.1, 0.15) is 18.2 Å². The van der Waals surface area contributed by atoms with Gasteiger partial charge in [0, 0.05) is 17.8 Å². The number of para-hydroxylation sites is 1. The lowest BCUT2D eigenvalue weighted by molar-refractivity contribution is 0.955. The maximum absolute atomic E-state index is 4.50. The third-order valence-electron chi connectivity index (χ3n) is 3.27. The Morgan fingerprint density at radius 3 is 2.85 bits per heavy atom. The highest BCUT2D eigenvalue weighted by atomic mass is 15.1. The van der Waals surface area contributed by atoms with E-state index in [-0.39, 0.29) is 0 Å². The van der Waals surface area contributed by atoms with Crippen molar-refractivity contribution in [2.45, 2.75) is 19.9 Å². The van der Waals surface area contributed by atoms with Gasteiger partial charge in [-0.1, -0.05) is 31.2 Å². The maximum atomic E-state index is 4.50. The van der Waals surface area contributed by atoms with Crippen molar-refractivity contribution in [2.24, 2.45) is 0 Å². The zero-order chi connectivity index (χ0) is 13.8. The normalized spacial score (nSPS) is 10.7. The van der Waals surface area contributed by atoms with E-state index in [4.69, 9.17) is 0 Å². The van der Waals surface area contributed by atoms with Gasteiger partial charge >= 0.3 is 0 Å². The van der Waals surface area contributed by atoms with Gasteiger partial charge < -0.3 is 5.32 Å². The van der Waals surface area contributed by atoms with Crippen LogP contribution in [0, 0.1) is 0 Å². The smallest absolute Gasteiger partial charge is 0.223 e. The van der Waals surface area contributed by atoms with Crippen LogP contribution in [0.25, 0.3) is 10.9 Å². The number of hydrogen-bond donors (Lipinski definition) is 1. The first-order valence-electron chi connectivity index (χ1n) is 6.75. The summed E-state index contributed by atoms with van der Waals surface area (Å²) in [6.07, 6.45) is 4.63. The zero-order valence-electron chi connectivity index (χ0n) is 11.4. The Hall–Kier alpha value is -2.49. The van der Waals surface area contributed by atoms with E-state index in [2.05, 4.69) is 33.3 Å². The zero-order valence-corrected chi connectivity index (χ0v) is 11.4. The Balaban J connectivity index is 1.79. The third kappa shape index (κ3) is 2.59. The van der Waals surface area contributed by atoms with E-state index < -0.39 is 0 Å². The molecule has 0 aliphatic rings. The molecule has 0 bridgehead atoms. The Morgan fingerprint density at radius 2 is 1.95 bits per heavy atom. The van der Waals surface area contributed by atoms with E-state index in [1.165, 1.54) is 5.56 Å². The molecular formula is C16H16N4. The number of pyridine rings is 1. The largest absolute Gasteiger partial charge is 0.349 e.